The van der Waals surface area contributed by atoms with Crippen molar-refractivity contribution in [3.8, 4) is 0 Å². The second-order valence-corrected chi connectivity index (χ2v) is 3.53. The summed E-state index contributed by atoms with van der Waals surface area (Å²) in [4.78, 5) is 15.0. The molecule has 0 aliphatic carbocycles. The zero-order valence-electron chi connectivity index (χ0n) is 8.33. The number of hydrogen-bond acceptors (Lipinski definition) is 3. The minimum Gasteiger partial charge on any atom is -0.382 e. The van der Waals surface area contributed by atoms with Gasteiger partial charge in [0.15, 0.2) is 6.10 Å². The smallest absolute Gasteiger partial charge is 0.382 e. The predicted octanol–water partition coefficient (Wildman–Crippen LogP) is 1.39. The lowest BCUT2D eigenvalue weighted by Gasteiger charge is -2.15. The minimum atomic E-state index is -4.77. The Morgan fingerprint density at radius 3 is 2.76 bits per heavy atom. The van der Waals surface area contributed by atoms with Crippen LogP contribution in [-0.4, -0.2) is 34.8 Å². The van der Waals surface area contributed by atoms with E-state index < -0.39 is 24.7 Å². The summed E-state index contributed by atoms with van der Waals surface area (Å²) in [5.74, 6) is -0.827. The highest BCUT2D eigenvalue weighted by Gasteiger charge is 2.38. The quantitative estimate of drug-likeness (QED) is 0.871. The molecule has 0 saturated carbocycles. The van der Waals surface area contributed by atoms with Gasteiger partial charge in [-0.25, -0.2) is 0 Å². The van der Waals surface area contributed by atoms with Crippen LogP contribution in [-0.2, 0) is 0 Å². The van der Waals surface area contributed by atoms with Gasteiger partial charge in [0.2, 0.25) is 0 Å². The average Bonchev–Trinajstić information content (AvgIpc) is 2.24. The van der Waals surface area contributed by atoms with Crippen molar-refractivity contribution < 1.29 is 23.1 Å². The molecule has 0 bridgehead atoms. The Morgan fingerprint density at radius 2 is 2.24 bits per heavy atom. The first-order valence-electron chi connectivity index (χ1n) is 4.45. The lowest BCUT2D eigenvalue weighted by Crippen LogP contribution is -2.40. The van der Waals surface area contributed by atoms with Crippen molar-refractivity contribution in [2.45, 2.75) is 12.3 Å². The van der Waals surface area contributed by atoms with Crippen LogP contribution in [0.5, 0.6) is 0 Å². The minimum absolute atomic E-state index is 0.0523. The second kappa shape index (κ2) is 5.33. The van der Waals surface area contributed by atoms with Gasteiger partial charge >= 0.3 is 6.18 Å². The van der Waals surface area contributed by atoms with Gasteiger partial charge in [-0.1, -0.05) is 11.6 Å². The summed E-state index contributed by atoms with van der Waals surface area (Å²) >= 11 is 5.64. The van der Waals surface area contributed by atoms with Crippen molar-refractivity contribution in [1.82, 2.24) is 10.3 Å². The molecular weight excluding hydrogens is 261 g/mol. The number of hydrogen-bond donors (Lipinski definition) is 2. The van der Waals surface area contributed by atoms with Crippen LogP contribution >= 0.6 is 11.6 Å². The molecule has 1 aromatic rings. The zero-order valence-corrected chi connectivity index (χ0v) is 9.09. The molecule has 1 amide bonds. The molecule has 94 valence electrons. The average molecular weight is 269 g/mol. The molecule has 0 radical (unpaired) electrons. The third-order valence-corrected chi connectivity index (χ3v) is 2.18. The van der Waals surface area contributed by atoms with Crippen molar-refractivity contribution in [3.63, 3.8) is 0 Å². The molecule has 2 N–H and O–H groups in total. The number of amides is 1. The standard InChI is InChI=1S/C9H8ClF3N2O2/c10-6-1-2-14-3-5(6)8(17)15-4-7(16)9(11,12)13/h1-3,7,16H,4H2,(H,15,17). The fourth-order valence-corrected chi connectivity index (χ4v) is 1.14. The molecule has 0 spiro atoms. The molecule has 1 atom stereocenters. The van der Waals surface area contributed by atoms with Crippen molar-refractivity contribution in [2.24, 2.45) is 0 Å². The molecule has 1 rings (SSSR count). The van der Waals surface area contributed by atoms with E-state index in [4.69, 9.17) is 16.7 Å². The maximum Gasteiger partial charge on any atom is 0.416 e. The molecule has 4 nitrogen and oxygen atoms in total. The summed E-state index contributed by atoms with van der Waals surface area (Å²) in [5.41, 5.74) is -0.0523. The Hall–Kier alpha value is -1.34. The second-order valence-electron chi connectivity index (χ2n) is 3.12. The maximum atomic E-state index is 11.9. The molecule has 0 aliphatic rings. The van der Waals surface area contributed by atoms with Crippen LogP contribution in [0.3, 0.4) is 0 Å². The molecule has 0 fully saturated rings. The first-order valence-corrected chi connectivity index (χ1v) is 4.82. The summed E-state index contributed by atoms with van der Waals surface area (Å²) < 4.78 is 35.8. The highest BCUT2D eigenvalue weighted by atomic mass is 35.5. The Labute approximate surface area is 99.4 Å². The van der Waals surface area contributed by atoms with E-state index in [9.17, 15) is 18.0 Å². The number of carbonyl (C=O) groups excluding carboxylic acids is 1. The van der Waals surface area contributed by atoms with E-state index in [1.165, 1.54) is 12.3 Å². The monoisotopic (exact) mass is 268 g/mol. The molecule has 1 unspecified atom stereocenters. The van der Waals surface area contributed by atoms with Gasteiger partial charge in [0.05, 0.1) is 17.1 Å². The Morgan fingerprint density at radius 1 is 1.59 bits per heavy atom. The number of alkyl halides is 3. The van der Waals surface area contributed by atoms with Crippen molar-refractivity contribution >= 4 is 17.5 Å². The van der Waals surface area contributed by atoms with Gasteiger partial charge in [-0.15, -0.1) is 0 Å². The van der Waals surface area contributed by atoms with Gasteiger partial charge in [0.25, 0.3) is 5.91 Å². The van der Waals surface area contributed by atoms with E-state index in [-0.39, 0.29) is 10.6 Å². The van der Waals surface area contributed by atoms with Crippen molar-refractivity contribution in [2.75, 3.05) is 6.54 Å². The molecule has 17 heavy (non-hydrogen) atoms. The number of pyridine rings is 1. The summed E-state index contributed by atoms with van der Waals surface area (Å²) in [6, 6.07) is 1.33. The molecule has 8 heteroatoms. The summed E-state index contributed by atoms with van der Waals surface area (Å²) in [6.45, 7) is -0.937. The summed E-state index contributed by atoms with van der Waals surface area (Å²) in [7, 11) is 0. The lowest BCUT2D eigenvalue weighted by molar-refractivity contribution is -0.201. The van der Waals surface area contributed by atoms with Crippen LogP contribution in [0.25, 0.3) is 0 Å². The van der Waals surface area contributed by atoms with E-state index in [1.54, 1.807) is 0 Å². The third-order valence-electron chi connectivity index (χ3n) is 1.85. The number of halogens is 4. The van der Waals surface area contributed by atoms with E-state index >= 15 is 0 Å². The fraction of sp³-hybridized carbons (Fsp3) is 0.333. The molecule has 0 aliphatic heterocycles. The first kappa shape index (κ1) is 13.7. The number of aliphatic hydroxyl groups excluding tert-OH is 1. The summed E-state index contributed by atoms with van der Waals surface area (Å²) in [5, 5.41) is 10.6. The number of rotatable bonds is 3. The molecule has 1 aromatic heterocycles. The molecule has 0 saturated heterocycles. The van der Waals surface area contributed by atoms with Crippen molar-refractivity contribution in [3.05, 3.63) is 29.0 Å². The highest BCUT2D eigenvalue weighted by Crippen LogP contribution is 2.19. The SMILES string of the molecule is O=C(NCC(O)C(F)(F)F)c1cnccc1Cl. The normalized spacial score (nSPS) is 13.2. The lowest BCUT2D eigenvalue weighted by atomic mass is 10.2. The number of aliphatic hydroxyl groups is 1. The van der Waals surface area contributed by atoms with Gasteiger partial charge in [0, 0.05) is 12.4 Å². The number of aromatic nitrogens is 1. The maximum absolute atomic E-state index is 11.9. The van der Waals surface area contributed by atoms with Crippen LogP contribution in [0.15, 0.2) is 18.5 Å². The molecular formula is C9H8ClF3N2O2. The topological polar surface area (TPSA) is 62.2 Å². The van der Waals surface area contributed by atoms with E-state index in [2.05, 4.69) is 4.98 Å². The van der Waals surface area contributed by atoms with Gasteiger partial charge in [-0.3, -0.25) is 9.78 Å². The van der Waals surface area contributed by atoms with E-state index in [1.807, 2.05) is 5.32 Å². The van der Waals surface area contributed by atoms with E-state index in [0.29, 0.717) is 0 Å². The van der Waals surface area contributed by atoms with Crippen molar-refractivity contribution in [1.29, 1.82) is 0 Å². The number of nitrogens with zero attached hydrogens (tertiary/aromatic N) is 1. The van der Waals surface area contributed by atoms with Gasteiger partial charge in [-0.05, 0) is 6.07 Å². The molecule has 0 aromatic carbocycles. The van der Waals surface area contributed by atoms with Crippen LogP contribution < -0.4 is 5.32 Å². The van der Waals surface area contributed by atoms with Crippen LogP contribution in [0.1, 0.15) is 10.4 Å². The number of carbonyl (C=O) groups is 1. The zero-order chi connectivity index (χ0) is 13.1. The predicted molar refractivity (Wildman–Crippen MR) is 53.6 cm³/mol. The van der Waals surface area contributed by atoms with Crippen LogP contribution in [0.4, 0.5) is 13.2 Å². The Balaban J connectivity index is 2.60. The highest BCUT2D eigenvalue weighted by molar-refractivity contribution is 6.33. The Kier molecular flexibility index (Phi) is 4.30. The number of nitrogens with one attached hydrogen (secondary N) is 1. The van der Waals surface area contributed by atoms with Gasteiger partial charge in [-0.2, -0.15) is 13.2 Å². The van der Waals surface area contributed by atoms with Crippen LogP contribution in [0, 0.1) is 0 Å². The first-order chi connectivity index (χ1) is 7.82. The van der Waals surface area contributed by atoms with E-state index in [0.717, 1.165) is 6.20 Å². The van der Waals surface area contributed by atoms with Crippen LogP contribution in [0.2, 0.25) is 5.02 Å². The largest absolute Gasteiger partial charge is 0.416 e. The molecule has 1 heterocycles. The summed E-state index contributed by atoms with van der Waals surface area (Å²) in [6.07, 6.45) is -4.92. The third kappa shape index (κ3) is 3.86. The van der Waals surface area contributed by atoms with Gasteiger partial charge < -0.3 is 10.4 Å². The Bertz CT molecular complexity index is 411. The van der Waals surface area contributed by atoms with Gasteiger partial charge in [0.1, 0.15) is 0 Å². The fourth-order valence-electron chi connectivity index (χ4n) is 0.945.